The topological polar surface area (TPSA) is 134 Å². The van der Waals surface area contributed by atoms with Crippen LogP contribution in [0.1, 0.15) is 24.8 Å². The zero-order chi connectivity index (χ0) is 30.6. The number of aromatic nitrogens is 3. The van der Waals surface area contributed by atoms with E-state index >= 15 is 0 Å². The van der Waals surface area contributed by atoms with Crippen LogP contribution in [0.25, 0.3) is 22.3 Å². The SMILES string of the molecule is CS(=O)(=O)c1ccc(CNc2nc(NC3(C(F)(F)F)CC3)c3nc(-c4ccc(N5CCCS5(=O)=O)cc4)ccc3n2)cc1. The van der Waals surface area contributed by atoms with Gasteiger partial charge in [-0.15, -0.1) is 0 Å². The minimum absolute atomic E-state index is 0.0728. The summed E-state index contributed by atoms with van der Waals surface area (Å²) in [6, 6.07) is 16.3. The Kier molecular flexibility index (Phi) is 6.99. The predicted octanol–water partition coefficient (Wildman–Crippen LogP) is 4.75. The van der Waals surface area contributed by atoms with Gasteiger partial charge in [-0.3, -0.25) is 4.31 Å². The van der Waals surface area contributed by atoms with Gasteiger partial charge < -0.3 is 10.6 Å². The van der Waals surface area contributed by atoms with Gasteiger partial charge in [0.05, 0.1) is 27.5 Å². The van der Waals surface area contributed by atoms with Crippen molar-refractivity contribution in [3.05, 3.63) is 66.2 Å². The average Bonchev–Trinajstić information content (AvgIpc) is 3.67. The second-order valence-electron chi connectivity index (χ2n) is 10.7. The molecule has 1 saturated carbocycles. The summed E-state index contributed by atoms with van der Waals surface area (Å²) in [5, 5.41) is 5.60. The monoisotopic (exact) mass is 632 g/mol. The molecule has 15 heteroatoms. The molecule has 2 fully saturated rings. The molecular weight excluding hydrogens is 605 g/mol. The fourth-order valence-corrected chi connectivity index (χ4v) is 7.13. The number of sulfonamides is 1. The lowest BCUT2D eigenvalue weighted by atomic mass is 10.1. The Balaban J connectivity index is 1.32. The van der Waals surface area contributed by atoms with Gasteiger partial charge in [0.25, 0.3) is 0 Å². The van der Waals surface area contributed by atoms with Crippen molar-refractivity contribution >= 4 is 48.3 Å². The first-order valence-electron chi connectivity index (χ1n) is 13.4. The van der Waals surface area contributed by atoms with Crippen molar-refractivity contribution < 1.29 is 30.0 Å². The number of rotatable bonds is 8. The molecule has 0 atom stereocenters. The molecule has 2 aromatic heterocycles. The number of hydrogen-bond acceptors (Lipinski definition) is 9. The predicted molar refractivity (Wildman–Crippen MR) is 157 cm³/mol. The maximum Gasteiger partial charge on any atom is 0.411 e. The summed E-state index contributed by atoms with van der Waals surface area (Å²) in [5.41, 5.74) is 0.723. The van der Waals surface area contributed by atoms with Crippen LogP contribution >= 0.6 is 0 Å². The van der Waals surface area contributed by atoms with E-state index in [1.165, 1.54) is 16.4 Å². The summed E-state index contributed by atoms with van der Waals surface area (Å²) in [7, 11) is -6.69. The van der Waals surface area contributed by atoms with Crippen LogP contribution in [0.15, 0.2) is 65.6 Å². The zero-order valence-electron chi connectivity index (χ0n) is 22.9. The zero-order valence-corrected chi connectivity index (χ0v) is 24.5. The minimum atomic E-state index is -4.50. The standard InChI is InChI=1S/C28H27F3N6O4S2/c1-42(38,39)21-9-3-18(4-10-21)17-32-26-34-23-12-11-22(19-5-7-20(8-6-19)37-15-2-16-43(37,40)41)33-24(23)25(35-26)36-27(13-14-27)28(29,30)31/h3-12H,2,13-17H2,1H3,(H2,32,34,35,36). The highest BCUT2D eigenvalue weighted by molar-refractivity contribution is 7.93. The highest BCUT2D eigenvalue weighted by Crippen LogP contribution is 2.51. The molecular formula is C28H27F3N6O4S2. The molecule has 0 amide bonds. The molecule has 6 rings (SSSR count). The smallest absolute Gasteiger partial charge is 0.354 e. The Morgan fingerprint density at radius 3 is 2.23 bits per heavy atom. The fraction of sp³-hybridized carbons (Fsp3) is 0.321. The Morgan fingerprint density at radius 1 is 0.953 bits per heavy atom. The third kappa shape index (κ3) is 5.83. The molecule has 43 heavy (non-hydrogen) atoms. The first kappa shape index (κ1) is 29.1. The number of anilines is 3. The lowest BCUT2D eigenvalue weighted by Crippen LogP contribution is -2.39. The molecule has 0 spiro atoms. The first-order chi connectivity index (χ1) is 20.2. The van der Waals surface area contributed by atoms with Crippen LogP contribution in [0, 0.1) is 0 Å². The number of benzene rings is 2. The average molecular weight is 633 g/mol. The largest absolute Gasteiger partial charge is 0.411 e. The van der Waals surface area contributed by atoms with Crippen LogP contribution in [-0.2, 0) is 26.4 Å². The number of hydrogen-bond donors (Lipinski definition) is 2. The molecule has 2 N–H and O–H groups in total. The molecule has 2 aliphatic rings. The maximum absolute atomic E-state index is 13.9. The van der Waals surface area contributed by atoms with Crippen molar-refractivity contribution in [2.45, 2.75) is 42.4 Å². The van der Waals surface area contributed by atoms with Gasteiger partial charge in [0, 0.05) is 24.9 Å². The Bertz CT molecular complexity index is 1910. The number of fused-ring (bicyclic) bond motifs is 1. The van der Waals surface area contributed by atoms with Crippen molar-refractivity contribution in [3.8, 4) is 11.3 Å². The van der Waals surface area contributed by atoms with E-state index in [0.717, 1.165) is 11.8 Å². The molecule has 3 heterocycles. The van der Waals surface area contributed by atoms with Crippen LogP contribution in [-0.4, -0.2) is 62.1 Å². The third-order valence-electron chi connectivity index (χ3n) is 7.55. The number of alkyl halides is 3. The molecule has 0 radical (unpaired) electrons. The molecule has 1 aliphatic heterocycles. The second kappa shape index (κ2) is 10.3. The Morgan fingerprint density at radius 2 is 1.65 bits per heavy atom. The number of nitrogens with zero attached hydrogens (tertiary/aromatic N) is 4. The first-order valence-corrected chi connectivity index (χ1v) is 16.9. The molecule has 10 nitrogen and oxygen atoms in total. The summed E-state index contributed by atoms with van der Waals surface area (Å²) < 4.78 is 91.1. The van der Waals surface area contributed by atoms with E-state index in [2.05, 4.69) is 25.6 Å². The lowest BCUT2D eigenvalue weighted by Gasteiger charge is -2.22. The molecule has 1 aliphatic carbocycles. The Hall–Kier alpha value is -3.98. The molecule has 4 aromatic rings. The molecule has 1 saturated heterocycles. The highest BCUT2D eigenvalue weighted by Gasteiger charge is 2.64. The van der Waals surface area contributed by atoms with Crippen molar-refractivity contribution in [1.82, 2.24) is 15.0 Å². The molecule has 0 unspecified atom stereocenters. The van der Waals surface area contributed by atoms with Gasteiger partial charge in [0.2, 0.25) is 16.0 Å². The minimum Gasteiger partial charge on any atom is -0.354 e. The van der Waals surface area contributed by atoms with Gasteiger partial charge in [-0.1, -0.05) is 24.3 Å². The second-order valence-corrected chi connectivity index (χ2v) is 14.8. The van der Waals surface area contributed by atoms with Gasteiger partial charge >= 0.3 is 6.18 Å². The summed E-state index contributed by atoms with van der Waals surface area (Å²) >= 11 is 0. The molecule has 2 aromatic carbocycles. The van der Waals surface area contributed by atoms with Gasteiger partial charge in [-0.05, 0) is 61.2 Å². The third-order valence-corrected chi connectivity index (χ3v) is 10.5. The summed E-state index contributed by atoms with van der Waals surface area (Å²) in [6.45, 7) is 0.607. The van der Waals surface area contributed by atoms with Crippen molar-refractivity contribution in [2.75, 3.05) is 33.5 Å². The fourth-order valence-electron chi connectivity index (χ4n) is 4.94. The summed E-state index contributed by atoms with van der Waals surface area (Å²) in [6.07, 6.45) is -3.03. The van der Waals surface area contributed by atoms with E-state index in [1.54, 1.807) is 48.5 Å². The summed E-state index contributed by atoms with van der Waals surface area (Å²) in [4.78, 5) is 13.6. The van der Waals surface area contributed by atoms with Gasteiger partial charge in [0.15, 0.2) is 15.7 Å². The van der Waals surface area contributed by atoms with Crippen LogP contribution in [0.2, 0.25) is 0 Å². The van der Waals surface area contributed by atoms with Crippen molar-refractivity contribution in [3.63, 3.8) is 0 Å². The number of sulfone groups is 1. The van der Waals surface area contributed by atoms with Crippen LogP contribution in [0.3, 0.4) is 0 Å². The van der Waals surface area contributed by atoms with E-state index in [0.29, 0.717) is 35.4 Å². The normalized spacial score (nSPS) is 17.6. The van der Waals surface area contributed by atoms with Gasteiger partial charge in [-0.2, -0.15) is 18.2 Å². The quantitative estimate of drug-likeness (QED) is 0.282. The van der Waals surface area contributed by atoms with E-state index in [-0.39, 0.29) is 47.3 Å². The molecule has 226 valence electrons. The van der Waals surface area contributed by atoms with Crippen molar-refractivity contribution in [1.29, 1.82) is 0 Å². The van der Waals surface area contributed by atoms with Crippen LogP contribution < -0.4 is 14.9 Å². The maximum atomic E-state index is 13.9. The number of halogens is 3. The van der Waals surface area contributed by atoms with Crippen LogP contribution in [0.4, 0.5) is 30.6 Å². The highest BCUT2D eigenvalue weighted by atomic mass is 32.2. The lowest BCUT2D eigenvalue weighted by molar-refractivity contribution is -0.151. The molecule has 0 bridgehead atoms. The van der Waals surface area contributed by atoms with Crippen LogP contribution in [0.5, 0.6) is 0 Å². The van der Waals surface area contributed by atoms with Gasteiger partial charge in [-0.25, -0.2) is 26.8 Å². The van der Waals surface area contributed by atoms with Crippen molar-refractivity contribution in [2.24, 2.45) is 0 Å². The van der Waals surface area contributed by atoms with E-state index < -0.39 is 31.6 Å². The Labute approximate surface area is 246 Å². The number of nitrogens with one attached hydrogen (secondary N) is 2. The summed E-state index contributed by atoms with van der Waals surface area (Å²) in [5.74, 6) is 0.102. The van der Waals surface area contributed by atoms with E-state index in [1.807, 2.05) is 0 Å². The van der Waals surface area contributed by atoms with E-state index in [4.69, 9.17) is 0 Å². The van der Waals surface area contributed by atoms with Gasteiger partial charge in [0.1, 0.15) is 11.1 Å². The number of pyridine rings is 1. The van der Waals surface area contributed by atoms with E-state index in [9.17, 15) is 30.0 Å².